The highest BCUT2D eigenvalue weighted by Crippen LogP contribution is 2.19. The summed E-state index contributed by atoms with van der Waals surface area (Å²) in [6.07, 6.45) is 2.73. The Morgan fingerprint density at radius 1 is 1.47 bits per heavy atom. The molecule has 1 aliphatic heterocycles. The standard InChI is InChI=1S/C8H7NO2S.C5H11NO/c10-12(11)8-5-9-7-4-2-1-3-6(7)8;1-6-5-2-3-7-4-5/h1-5,9H,(H,10,11);5-6H,2-4H2,1H3/t;5-/m.1/s1. The lowest BCUT2D eigenvalue weighted by atomic mass is 10.2. The van der Waals surface area contributed by atoms with Crippen LogP contribution in [0.25, 0.3) is 10.9 Å². The van der Waals surface area contributed by atoms with Crippen molar-refractivity contribution in [1.29, 1.82) is 0 Å². The van der Waals surface area contributed by atoms with Crippen molar-refractivity contribution in [2.24, 2.45) is 0 Å². The van der Waals surface area contributed by atoms with Gasteiger partial charge in [0.15, 0.2) is 11.1 Å². The average Bonchev–Trinajstić information content (AvgIpc) is 3.08. The molecular weight excluding hydrogens is 264 g/mol. The van der Waals surface area contributed by atoms with Gasteiger partial charge in [-0.2, -0.15) is 0 Å². The molecule has 1 aliphatic rings. The first kappa shape index (κ1) is 14.2. The first-order chi connectivity index (χ1) is 9.22. The molecule has 0 bridgehead atoms. The molecule has 3 rings (SSSR count). The third-order valence-corrected chi connectivity index (χ3v) is 3.79. The van der Waals surface area contributed by atoms with Crippen molar-refractivity contribution in [3.8, 4) is 0 Å². The quantitative estimate of drug-likeness (QED) is 0.734. The minimum Gasteiger partial charge on any atom is -0.380 e. The van der Waals surface area contributed by atoms with E-state index in [1.807, 2.05) is 31.3 Å². The summed E-state index contributed by atoms with van der Waals surface area (Å²) in [5, 5.41) is 3.94. The van der Waals surface area contributed by atoms with Crippen LogP contribution >= 0.6 is 0 Å². The number of rotatable bonds is 2. The van der Waals surface area contributed by atoms with E-state index in [1.54, 1.807) is 6.20 Å². The van der Waals surface area contributed by atoms with Crippen molar-refractivity contribution in [3.63, 3.8) is 0 Å². The summed E-state index contributed by atoms with van der Waals surface area (Å²) in [4.78, 5) is 3.35. The van der Waals surface area contributed by atoms with Crippen LogP contribution in [0.1, 0.15) is 6.42 Å². The van der Waals surface area contributed by atoms with Crippen LogP contribution in [-0.4, -0.2) is 40.0 Å². The van der Waals surface area contributed by atoms with Gasteiger partial charge in [0.05, 0.1) is 11.5 Å². The topological polar surface area (TPSA) is 74.3 Å². The van der Waals surface area contributed by atoms with Crippen molar-refractivity contribution >= 4 is 22.0 Å². The van der Waals surface area contributed by atoms with Gasteiger partial charge in [0.25, 0.3) is 0 Å². The highest BCUT2D eigenvalue weighted by Gasteiger charge is 2.11. The third kappa shape index (κ3) is 3.63. The van der Waals surface area contributed by atoms with Crippen LogP contribution in [0.15, 0.2) is 35.4 Å². The van der Waals surface area contributed by atoms with Gasteiger partial charge in [-0.1, -0.05) is 18.2 Å². The van der Waals surface area contributed by atoms with Gasteiger partial charge in [0.2, 0.25) is 0 Å². The zero-order valence-corrected chi connectivity index (χ0v) is 11.6. The summed E-state index contributed by atoms with van der Waals surface area (Å²) in [5.41, 5.74) is 0.884. The molecule has 2 atom stereocenters. The van der Waals surface area contributed by atoms with E-state index in [1.165, 1.54) is 6.42 Å². The van der Waals surface area contributed by atoms with Crippen LogP contribution in [0.5, 0.6) is 0 Å². The Morgan fingerprint density at radius 2 is 2.26 bits per heavy atom. The number of fused-ring (bicyclic) bond motifs is 1. The number of benzene rings is 1. The van der Waals surface area contributed by atoms with Gasteiger partial charge in [-0.15, -0.1) is 0 Å². The molecule has 0 saturated carbocycles. The van der Waals surface area contributed by atoms with E-state index in [-0.39, 0.29) is 0 Å². The van der Waals surface area contributed by atoms with Gasteiger partial charge in [0, 0.05) is 29.7 Å². The Morgan fingerprint density at radius 3 is 2.84 bits per heavy atom. The van der Waals surface area contributed by atoms with Gasteiger partial charge < -0.3 is 19.6 Å². The summed E-state index contributed by atoms with van der Waals surface area (Å²) < 4.78 is 24.7. The highest BCUT2D eigenvalue weighted by molar-refractivity contribution is 7.79. The number of H-pyrrole nitrogens is 1. The summed E-state index contributed by atoms with van der Waals surface area (Å²) in [7, 11) is 1.97. The Hall–Kier alpha value is -1.21. The molecule has 3 N–H and O–H groups in total. The Bertz CT molecular complexity index is 550. The number of hydrogen-bond acceptors (Lipinski definition) is 3. The lowest BCUT2D eigenvalue weighted by Crippen LogP contribution is -2.24. The second kappa shape index (κ2) is 6.81. The van der Waals surface area contributed by atoms with Crippen molar-refractivity contribution in [1.82, 2.24) is 10.3 Å². The Labute approximate surface area is 114 Å². The molecule has 6 heteroatoms. The molecule has 1 unspecified atom stereocenters. The fourth-order valence-electron chi connectivity index (χ4n) is 1.95. The minimum atomic E-state index is -1.90. The Kier molecular flexibility index (Phi) is 5.09. The normalized spacial score (nSPS) is 20.0. The molecule has 104 valence electrons. The number of ether oxygens (including phenoxy) is 1. The fraction of sp³-hybridized carbons (Fsp3) is 0.385. The molecule has 0 spiro atoms. The van der Waals surface area contributed by atoms with Crippen LogP contribution in [0.3, 0.4) is 0 Å². The van der Waals surface area contributed by atoms with E-state index in [4.69, 9.17) is 9.29 Å². The summed E-state index contributed by atoms with van der Waals surface area (Å²) in [6, 6.07) is 8.02. The number of nitrogens with one attached hydrogen (secondary N) is 2. The molecule has 0 aliphatic carbocycles. The van der Waals surface area contributed by atoms with Crippen molar-refractivity contribution < 1.29 is 13.5 Å². The van der Waals surface area contributed by atoms with E-state index >= 15 is 0 Å². The molecular formula is C13H18N2O3S. The van der Waals surface area contributed by atoms with Gasteiger partial charge in [-0.05, 0) is 19.5 Å². The van der Waals surface area contributed by atoms with E-state index in [2.05, 4.69) is 10.3 Å². The van der Waals surface area contributed by atoms with Gasteiger partial charge in [0.1, 0.15) is 0 Å². The van der Waals surface area contributed by atoms with E-state index < -0.39 is 11.1 Å². The molecule has 1 saturated heterocycles. The Balaban J connectivity index is 0.000000163. The van der Waals surface area contributed by atoms with Crippen LogP contribution in [0.2, 0.25) is 0 Å². The molecule has 0 radical (unpaired) electrons. The summed E-state index contributed by atoms with van der Waals surface area (Å²) in [6.45, 7) is 1.84. The number of hydrogen-bond donors (Lipinski definition) is 3. The van der Waals surface area contributed by atoms with Gasteiger partial charge in [-0.3, -0.25) is 0 Å². The average molecular weight is 282 g/mol. The predicted octanol–water partition coefficient (Wildman–Crippen LogP) is 1.74. The maximum atomic E-state index is 10.8. The van der Waals surface area contributed by atoms with Crippen molar-refractivity contribution in [3.05, 3.63) is 30.5 Å². The minimum absolute atomic E-state index is 0.436. The largest absolute Gasteiger partial charge is 0.380 e. The number of likely N-dealkylation sites (N-methyl/N-ethyl adjacent to an activating group) is 1. The lowest BCUT2D eigenvalue weighted by Gasteiger charge is -2.01. The number of aromatic amines is 1. The molecule has 1 aromatic heterocycles. The van der Waals surface area contributed by atoms with E-state index in [0.29, 0.717) is 10.9 Å². The zero-order valence-electron chi connectivity index (χ0n) is 10.8. The van der Waals surface area contributed by atoms with Crippen LogP contribution in [0, 0.1) is 0 Å². The SMILES string of the molecule is CN[C@@H]1CCOC1.O=S(O)c1c[nH]c2ccccc12. The molecule has 5 nitrogen and oxygen atoms in total. The van der Waals surface area contributed by atoms with Crippen molar-refractivity contribution in [2.45, 2.75) is 17.4 Å². The highest BCUT2D eigenvalue weighted by atomic mass is 32.2. The van der Waals surface area contributed by atoms with Crippen LogP contribution in [-0.2, 0) is 15.8 Å². The van der Waals surface area contributed by atoms with Gasteiger partial charge >= 0.3 is 0 Å². The third-order valence-electron chi connectivity index (χ3n) is 3.08. The number of para-hydroxylation sites is 1. The molecule has 1 fully saturated rings. The molecule has 1 aromatic carbocycles. The second-order valence-corrected chi connectivity index (χ2v) is 5.23. The molecule has 2 heterocycles. The molecule has 0 amide bonds. The molecule has 2 aromatic rings. The van der Waals surface area contributed by atoms with E-state index in [0.717, 1.165) is 24.1 Å². The first-order valence-corrected chi connectivity index (χ1v) is 7.25. The summed E-state index contributed by atoms with van der Waals surface area (Å²) >= 11 is -1.90. The van der Waals surface area contributed by atoms with Crippen molar-refractivity contribution in [2.75, 3.05) is 20.3 Å². The monoisotopic (exact) mass is 282 g/mol. The van der Waals surface area contributed by atoms with Gasteiger partial charge in [-0.25, -0.2) is 4.21 Å². The molecule has 19 heavy (non-hydrogen) atoms. The lowest BCUT2D eigenvalue weighted by molar-refractivity contribution is 0.191. The van der Waals surface area contributed by atoms with E-state index in [9.17, 15) is 4.21 Å². The summed E-state index contributed by atoms with van der Waals surface area (Å²) in [5.74, 6) is 0. The smallest absolute Gasteiger partial charge is 0.188 e. The zero-order chi connectivity index (χ0) is 13.7. The van der Waals surface area contributed by atoms with Crippen LogP contribution < -0.4 is 5.32 Å². The maximum absolute atomic E-state index is 10.8. The first-order valence-electron chi connectivity index (χ1n) is 6.14. The number of aromatic nitrogens is 1. The maximum Gasteiger partial charge on any atom is 0.188 e. The predicted molar refractivity (Wildman–Crippen MR) is 75.6 cm³/mol. The fourth-order valence-corrected chi connectivity index (χ4v) is 2.48. The second-order valence-electron chi connectivity index (χ2n) is 4.30. The van der Waals surface area contributed by atoms with Crippen LogP contribution in [0.4, 0.5) is 0 Å².